The lowest BCUT2D eigenvalue weighted by atomic mass is 10.3. The summed E-state index contributed by atoms with van der Waals surface area (Å²) >= 11 is 0. The van der Waals surface area contributed by atoms with E-state index in [9.17, 15) is 4.79 Å². The first-order valence-corrected chi connectivity index (χ1v) is 7.29. The van der Waals surface area contributed by atoms with Crippen LogP contribution in [-0.2, 0) is 11.3 Å². The van der Waals surface area contributed by atoms with Crippen LogP contribution in [0.25, 0.3) is 0 Å². The van der Waals surface area contributed by atoms with Crippen molar-refractivity contribution in [2.45, 2.75) is 13.5 Å². The van der Waals surface area contributed by atoms with Crippen molar-refractivity contribution in [2.24, 2.45) is 0 Å². The van der Waals surface area contributed by atoms with Gasteiger partial charge >= 0.3 is 0 Å². The molecule has 23 heavy (non-hydrogen) atoms. The lowest BCUT2D eigenvalue weighted by Crippen LogP contribution is -2.50. The topological polar surface area (TPSA) is 102 Å². The number of carbonyl (C=O) groups excluding carboxylic acids is 1. The van der Waals surface area contributed by atoms with Crippen molar-refractivity contribution in [3.05, 3.63) is 18.1 Å². The van der Waals surface area contributed by atoms with E-state index in [4.69, 9.17) is 4.74 Å². The summed E-state index contributed by atoms with van der Waals surface area (Å²) in [5.74, 6) is 1.18. The molecular formula is C13H18N8O2. The molecule has 0 unspecified atom stereocenters. The van der Waals surface area contributed by atoms with Crippen LogP contribution in [0.1, 0.15) is 5.69 Å². The first-order valence-electron chi connectivity index (χ1n) is 7.29. The maximum Gasteiger partial charge on any atom is 0.244 e. The number of aromatic nitrogens is 6. The van der Waals surface area contributed by atoms with Crippen LogP contribution in [0.5, 0.6) is 5.88 Å². The maximum absolute atomic E-state index is 12.2. The smallest absolute Gasteiger partial charge is 0.244 e. The van der Waals surface area contributed by atoms with E-state index in [0.29, 0.717) is 38.0 Å². The Kier molecular flexibility index (Phi) is 4.31. The van der Waals surface area contributed by atoms with Gasteiger partial charge in [0.15, 0.2) is 0 Å². The molecule has 1 fully saturated rings. The van der Waals surface area contributed by atoms with E-state index in [0.717, 1.165) is 5.69 Å². The summed E-state index contributed by atoms with van der Waals surface area (Å²) in [6.45, 7) is 4.63. The highest BCUT2D eigenvalue weighted by Crippen LogP contribution is 2.16. The van der Waals surface area contributed by atoms with Gasteiger partial charge in [0.2, 0.25) is 17.7 Å². The summed E-state index contributed by atoms with van der Waals surface area (Å²) in [6, 6.07) is 1.79. The number of nitrogens with zero attached hydrogens (tertiary/aromatic N) is 8. The number of carbonyl (C=O) groups is 1. The molecule has 0 radical (unpaired) electrons. The summed E-state index contributed by atoms with van der Waals surface area (Å²) in [7, 11) is 1.58. The van der Waals surface area contributed by atoms with Gasteiger partial charge in [-0.3, -0.25) is 4.79 Å². The van der Waals surface area contributed by atoms with Crippen LogP contribution in [0.3, 0.4) is 0 Å². The second-order valence-corrected chi connectivity index (χ2v) is 5.23. The van der Waals surface area contributed by atoms with Gasteiger partial charge in [-0.05, 0) is 17.4 Å². The molecule has 0 aromatic carbocycles. The van der Waals surface area contributed by atoms with Crippen molar-refractivity contribution in [1.82, 2.24) is 35.1 Å². The van der Waals surface area contributed by atoms with Gasteiger partial charge in [0.1, 0.15) is 12.9 Å². The zero-order chi connectivity index (χ0) is 16.2. The molecule has 0 spiro atoms. The third-order valence-electron chi connectivity index (χ3n) is 3.63. The van der Waals surface area contributed by atoms with Crippen molar-refractivity contribution in [2.75, 3.05) is 38.2 Å². The minimum absolute atomic E-state index is 0.000286. The van der Waals surface area contributed by atoms with E-state index in [1.165, 1.54) is 11.0 Å². The Labute approximate surface area is 133 Å². The molecule has 0 aliphatic carbocycles. The van der Waals surface area contributed by atoms with Gasteiger partial charge in [-0.2, -0.15) is 4.98 Å². The maximum atomic E-state index is 12.2. The number of ether oxygens (including phenoxy) is 1. The monoisotopic (exact) mass is 318 g/mol. The Bertz CT molecular complexity index is 667. The highest BCUT2D eigenvalue weighted by Gasteiger charge is 2.23. The Morgan fingerprint density at radius 2 is 2.04 bits per heavy atom. The van der Waals surface area contributed by atoms with Crippen LogP contribution in [0.2, 0.25) is 0 Å². The number of rotatable bonds is 4. The summed E-state index contributed by atoms with van der Waals surface area (Å²) in [5.41, 5.74) is 0.851. The third-order valence-corrected chi connectivity index (χ3v) is 3.63. The lowest BCUT2D eigenvalue weighted by Gasteiger charge is -2.34. The van der Waals surface area contributed by atoms with Crippen molar-refractivity contribution in [1.29, 1.82) is 0 Å². The second-order valence-electron chi connectivity index (χ2n) is 5.23. The molecule has 0 bridgehead atoms. The highest BCUT2D eigenvalue weighted by molar-refractivity contribution is 5.76. The molecule has 10 heteroatoms. The van der Waals surface area contributed by atoms with Crippen molar-refractivity contribution >= 4 is 11.9 Å². The van der Waals surface area contributed by atoms with Crippen LogP contribution in [0, 0.1) is 6.92 Å². The van der Waals surface area contributed by atoms with E-state index in [2.05, 4.69) is 30.4 Å². The molecular weight excluding hydrogens is 300 g/mol. The van der Waals surface area contributed by atoms with E-state index >= 15 is 0 Å². The number of amides is 1. The predicted octanol–water partition coefficient (Wildman–Crippen LogP) is -0.871. The highest BCUT2D eigenvalue weighted by atomic mass is 16.5. The summed E-state index contributed by atoms with van der Waals surface area (Å²) in [4.78, 5) is 24.9. The summed E-state index contributed by atoms with van der Waals surface area (Å²) < 4.78 is 6.60. The van der Waals surface area contributed by atoms with Gasteiger partial charge in [-0.1, -0.05) is 0 Å². The average molecular weight is 318 g/mol. The molecule has 0 saturated carbocycles. The number of tetrazole rings is 1. The molecule has 1 saturated heterocycles. The van der Waals surface area contributed by atoms with Gasteiger partial charge in [-0.25, -0.2) is 9.67 Å². The van der Waals surface area contributed by atoms with Crippen molar-refractivity contribution in [3.8, 4) is 5.88 Å². The Morgan fingerprint density at radius 3 is 2.70 bits per heavy atom. The molecule has 0 atom stereocenters. The van der Waals surface area contributed by atoms with E-state index in [1.807, 2.05) is 6.92 Å². The molecule has 0 N–H and O–H groups in total. The largest absolute Gasteiger partial charge is 0.481 e. The molecule has 3 heterocycles. The minimum Gasteiger partial charge on any atom is -0.481 e. The predicted molar refractivity (Wildman–Crippen MR) is 79.9 cm³/mol. The fraction of sp³-hybridized carbons (Fsp3) is 0.538. The van der Waals surface area contributed by atoms with Crippen molar-refractivity contribution < 1.29 is 9.53 Å². The number of hydrogen-bond donors (Lipinski definition) is 0. The summed E-state index contributed by atoms with van der Waals surface area (Å²) in [5, 5.41) is 10.7. The van der Waals surface area contributed by atoms with Crippen LogP contribution >= 0.6 is 0 Å². The molecule has 122 valence electrons. The van der Waals surface area contributed by atoms with Crippen LogP contribution in [0.4, 0.5) is 5.95 Å². The van der Waals surface area contributed by atoms with Crippen LogP contribution in [0.15, 0.2) is 12.4 Å². The van der Waals surface area contributed by atoms with E-state index in [-0.39, 0.29) is 12.5 Å². The summed E-state index contributed by atoms with van der Waals surface area (Å²) in [6.07, 6.45) is 1.43. The Hall–Kier alpha value is -2.78. The van der Waals surface area contributed by atoms with Gasteiger partial charge < -0.3 is 14.5 Å². The number of hydrogen-bond acceptors (Lipinski definition) is 8. The number of anilines is 1. The van der Waals surface area contributed by atoms with Gasteiger partial charge in [0, 0.05) is 37.9 Å². The van der Waals surface area contributed by atoms with E-state index in [1.54, 1.807) is 18.1 Å². The van der Waals surface area contributed by atoms with Crippen molar-refractivity contribution in [3.63, 3.8) is 0 Å². The quantitative estimate of drug-likeness (QED) is 0.717. The van der Waals surface area contributed by atoms with Gasteiger partial charge in [-0.15, -0.1) is 5.10 Å². The fourth-order valence-corrected chi connectivity index (χ4v) is 2.42. The zero-order valence-corrected chi connectivity index (χ0v) is 13.1. The number of piperazine rings is 1. The first kappa shape index (κ1) is 15.1. The molecule has 1 aliphatic heterocycles. The van der Waals surface area contributed by atoms with Crippen LogP contribution in [-0.4, -0.2) is 74.3 Å². The third kappa shape index (κ3) is 3.52. The normalized spacial score (nSPS) is 14.9. The zero-order valence-electron chi connectivity index (χ0n) is 13.1. The molecule has 1 amide bonds. The molecule has 2 aromatic heterocycles. The van der Waals surface area contributed by atoms with Gasteiger partial charge in [0.25, 0.3) is 0 Å². The molecule has 3 rings (SSSR count). The van der Waals surface area contributed by atoms with Gasteiger partial charge in [0.05, 0.1) is 7.11 Å². The lowest BCUT2D eigenvalue weighted by molar-refractivity contribution is -0.132. The molecule has 2 aromatic rings. The molecule has 10 nitrogen and oxygen atoms in total. The van der Waals surface area contributed by atoms with Crippen LogP contribution < -0.4 is 9.64 Å². The standard InChI is InChI=1S/C13H18N8O2/c1-10-7-11(23-2)16-13(15-10)20-5-3-19(4-6-20)12(22)8-21-9-14-17-18-21/h7,9H,3-6,8H2,1-2H3. The Balaban J connectivity index is 1.60. The number of aryl methyl sites for hydroxylation is 1. The Morgan fingerprint density at radius 1 is 1.26 bits per heavy atom. The second kappa shape index (κ2) is 6.55. The van der Waals surface area contributed by atoms with E-state index < -0.39 is 0 Å². The first-order chi connectivity index (χ1) is 11.2. The molecule has 1 aliphatic rings. The fourth-order valence-electron chi connectivity index (χ4n) is 2.42. The minimum atomic E-state index is -0.000286. The number of methoxy groups -OCH3 is 1. The SMILES string of the molecule is COc1cc(C)nc(N2CCN(C(=O)Cn3cnnn3)CC2)n1. The average Bonchev–Trinajstić information content (AvgIpc) is 3.07.